The Labute approximate surface area is 239 Å². The summed E-state index contributed by atoms with van der Waals surface area (Å²) in [5.41, 5.74) is 1.62. The fourth-order valence-corrected chi connectivity index (χ4v) is 7.79. The van der Waals surface area contributed by atoms with Crippen LogP contribution in [-0.2, 0) is 11.3 Å². The number of hydrogen-bond donors (Lipinski definition) is 0. The first-order valence-corrected chi connectivity index (χ1v) is 14.8. The molecule has 4 heterocycles. The van der Waals surface area contributed by atoms with E-state index in [9.17, 15) is 17.6 Å². The zero-order valence-electron chi connectivity index (χ0n) is 21.1. The molecular weight excluding hydrogens is 614 g/mol. The molecule has 2 aromatic carbocycles. The van der Waals surface area contributed by atoms with Gasteiger partial charge in [0.2, 0.25) is 0 Å². The molecule has 2 aliphatic heterocycles. The summed E-state index contributed by atoms with van der Waals surface area (Å²) >= 11 is 4.86. The number of para-hydroxylation sites is 1. The Balaban J connectivity index is 1.11. The third kappa shape index (κ3) is 4.98. The number of thiazole rings is 1. The van der Waals surface area contributed by atoms with E-state index >= 15 is 0 Å². The molecule has 2 atom stereocenters. The maximum atomic E-state index is 14.5. The highest BCUT2D eigenvalue weighted by Crippen LogP contribution is 2.47. The predicted octanol–water partition coefficient (Wildman–Crippen LogP) is 8.35. The molecule has 0 amide bonds. The monoisotopic (exact) mass is 637 g/mol. The average Bonchev–Trinajstić information content (AvgIpc) is 3.41. The van der Waals surface area contributed by atoms with E-state index in [1.54, 1.807) is 12.1 Å². The van der Waals surface area contributed by atoms with E-state index in [-0.39, 0.29) is 47.8 Å². The fraction of sp³-hybridized carbons (Fsp3) is 0.429. The number of fused-ring (bicyclic) bond motifs is 3. The largest absolute Gasteiger partial charge is 0.573 e. The molecule has 40 heavy (non-hydrogen) atoms. The Bertz CT molecular complexity index is 1560. The minimum Gasteiger partial charge on any atom is -0.405 e. The first-order valence-electron chi connectivity index (χ1n) is 13.2. The van der Waals surface area contributed by atoms with Gasteiger partial charge >= 0.3 is 6.36 Å². The number of halogens is 5. The van der Waals surface area contributed by atoms with E-state index in [2.05, 4.69) is 35.7 Å². The van der Waals surface area contributed by atoms with Crippen LogP contribution in [0.5, 0.6) is 5.75 Å². The zero-order valence-corrected chi connectivity index (χ0v) is 23.5. The maximum absolute atomic E-state index is 14.5. The van der Waals surface area contributed by atoms with Gasteiger partial charge in [0, 0.05) is 33.6 Å². The minimum atomic E-state index is -4.82. The summed E-state index contributed by atoms with van der Waals surface area (Å²) in [4.78, 5) is 6.96. The summed E-state index contributed by atoms with van der Waals surface area (Å²) in [6.07, 6.45) is 0.604. The lowest BCUT2D eigenvalue weighted by molar-refractivity contribution is -0.274. The molecule has 4 aromatic rings. The zero-order chi connectivity index (χ0) is 27.6. The van der Waals surface area contributed by atoms with Crippen LogP contribution in [0.1, 0.15) is 55.8 Å². The lowest BCUT2D eigenvalue weighted by atomic mass is 10.00. The SMILES string of the molecule is Fc1cc(Br)cc2sc(N3C4CCC3CC(OCc3c(-c5ccccc5OC(F)(F)F)noc3C3CC3)C4)nc12. The van der Waals surface area contributed by atoms with Crippen molar-refractivity contribution in [3.05, 3.63) is 58.0 Å². The lowest BCUT2D eigenvalue weighted by Crippen LogP contribution is -2.45. The third-order valence-electron chi connectivity index (χ3n) is 7.91. The highest BCUT2D eigenvalue weighted by atomic mass is 79.9. The lowest BCUT2D eigenvalue weighted by Gasteiger charge is -2.38. The van der Waals surface area contributed by atoms with Crippen molar-refractivity contribution in [1.29, 1.82) is 0 Å². The molecule has 0 radical (unpaired) electrons. The van der Waals surface area contributed by atoms with E-state index < -0.39 is 6.36 Å². The first-order chi connectivity index (χ1) is 19.2. The van der Waals surface area contributed by atoms with Gasteiger partial charge in [0.25, 0.3) is 0 Å². The van der Waals surface area contributed by atoms with Gasteiger partial charge in [-0.05, 0) is 62.8 Å². The van der Waals surface area contributed by atoms with Crippen molar-refractivity contribution < 1.29 is 31.6 Å². The quantitative estimate of drug-likeness (QED) is 0.190. The van der Waals surface area contributed by atoms with Gasteiger partial charge in [-0.15, -0.1) is 13.2 Å². The molecule has 7 rings (SSSR count). The second kappa shape index (κ2) is 9.99. The van der Waals surface area contributed by atoms with E-state index in [0.717, 1.165) is 48.4 Å². The summed E-state index contributed by atoms with van der Waals surface area (Å²) in [5.74, 6) is 0.223. The fourth-order valence-electron chi connectivity index (χ4n) is 6.05. The van der Waals surface area contributed by atoms with Gasteiger partial charge in [0.05, 0.1) is 17.4 Å². The van der Waals surface area contributed by atoms with Crippen LogP contribution in [0.25, 0.3) is 21.5 Å². The molecular formula is C28H24BrF4N3O3S. The number of aromatic nitrogens is 2. The molecule has 2 unspecified atom stereocenters. The van der Waals surface area contributed by atoms with Crippen LogP contribution in [0.15, 0.2) is 45.4 Å². The molecule has 2 saturated heterocycles. The maximum Gasteiger partial charge on any atom is 0.573 e. The molecule has 3 fully saturated rings. The summed E-state index contributed by atoms with van der Waals surface area (Å²) in [6.45, 7) is 0.190. The van der Waals surface area contributed by atoms with Gasteiger partial charge in [-0.2, -0.15) is 0 Å². The molecule has 210 valence electrons. The van der Waals surface area contributed by atoms with Crippen LogP contribution in [0, 0.1) is 5.82 Å². The number of anilines is 1. The summed E-state index contributed by atoms with van der Waals surface area (Å²) in [5, 5.41) is 5.01. The summed E-state index contributed by atoms with van der Waals surface area (Å²) in [7, 11) is 0. The van der Waals surface area contributed by atoms with Gasteiger partial charge in [-0.3, -0.25) is 0 Å². The van der Waals surface area contributed by atoms with Crippen LogP contribution in [0.2, 0.25) is 0 Å². The van der Waals surface area contributed by atoms with Crippen molar-refractivity contribution in [3.63, 3.8) is 0 Å². The normalized spacial score (nSPS) is 22.8. The molecule has 0 N–H and O–H groups in total. The van der Waals surface area contributed by atoms with E-state index in [1.807, 2.05) is 6.07 Å². The Morgan fingerprint density at radius 1 is 1.07 bits per heavy atom. The van der Waals surface area contributed by atoms with E-state index in [0.29, 0.717) is 27.0 Å². The van der Waals surface area contributed by atoms with Crippen LogP contribution in [0.4, 0.5) is 22.7 Å². The van der Waals surface area contributed by atoms with Crippen LogP contribution >= 0.6 is 27.3 Å². The Hall–Kier alpha value is -2.70. The second-order valence-electron chi connectivity index (χ2n) is 10.6. The smallest absolute Gasteiger partial charge is 0.405 e. The first kappa shape index (κ1) is 26.2. The second-order valence-corrected chi connectivity index (χ2v) is 12.5. The number of hydrogen-bond acceptors (Lipinski definition) is 7. The summed E-state index contributed by atoms with van der Waals surface area (Å²) < 4.78 is 71.6. The summed E-state index contributed by atoms with van der Waals surface area (Å²) in [6, 6.07) is 9.74. The number of benzene rings is 2. The van der Waals surface area contributed by atoms with Gasteiger partial charge in [-0.1, -0.05) is 44.6 Å². The van der Waals surface area contributed by atoms with E-state index in [4.69, 9.17) is 9.26 Å². The number of piperidine rings is 1. The van der Waals surface area contributed by atoms with Crippen molar-refractivity contribution in [1.82, 2.24) is 10.1 Å². The van der Waals surface area contributed by atoms with Crippen molar-refractivity contribution >= 4 is 42.6 Å². The molecule has 6 nitrogen and oxygen atoms in total. The average molecular weight is 638 g/mol. The van der Waals surface area contributed by atoms with Gasteiger partial charge in [-0.25, -0.2) is 9.37 Å². The molecule has 2 bridgehead atoms. The molecule has 1 saturated carbocycles. The number of rotatable bonds is 7. The van der Waals surface area contributed by atoms with Gasteiger partial charge in [0.1, 0.15) is 22.7 Å². The topological polar surface area (TPSA) is 60.6 Å². The van der Waals surface area contributed by atoms with Crippen molar-refractivity contribution in [2.45, 2.75) is 75.6 Å². The molecule has 12 heteroatoms. The number of alkyl halides is 3. The van der Waals surface area contributed by atoms with Crippen molar-refractivity contribution in [3.8, 4) is 17.0 Å². The Kier molecular flexibility index (Phi) is 6.55. The highest BCUT2D eigenvalue weighted by Gasteiger charge is 2.43. The van der Waals surface area contributed by atoms with Crippen LogP contribution < -0.4 is 9.64 Å². The number of ether oxygens (including phenoxy) is 2. The van der Waals surface area contributed by atoms with Gasteiger partial charge < -0.3 is 18.9 Å². The van der Waals surface area contributed by atoms with Crippen LogP contribution in [0.3, 0.4) is 0 Å². The molecule has 3 aliphatic rings. The highest BCUT2D eigenvalue weighted by molar-refractivity contribution is 9.10. The molecule has 1 aliphatic carbocycles. The molecule has 2 aromatic heterocycles. The number of nitrogens with zero attached hydrogens (tertiary/aromatic N) is 3. The van der Waals surface area contributed by atoms with Crippen LogP contribution in [-0.4, -0.2) is 34.7 Å². The predicted molar refractivity (Wildman–Crippen MR) is 145 cm³/mol. The van der Waals surface area contributed by atoms with Crippen molar-refractivity contribution in [2.24, 2.45) is 0 Å². The minimum absolute atomic E-state index is 0.0366. The third-order valence-corrected chi connectivity index (χ3v) is 9.38. The Morgan fingerprint density at radius 3 is 2.55 bits per heavy atom. The molecule has 0 spiro atoms. The van der Waals surface area contributed by atoms with Crippen molar-refractivity contribution in [2.75, 3.05) is 4.90 Å². The Morgan fingerprint density at radius 2 is 1.82 bits per heavy atom. The van der Waals surface area contributed by atoms with Gasteiger partial charge in [0.15, 0.2) is 10.9 Å². The van der Waals surface area contributed by atoms with E-state index in [1.165, 1.54) is 29.5 Å². The standard InChI is InChI=1S/C28H24BrF4N3O3S/c29-15-9-21(30)25-23(10-15)40-27(34-25)36-16-7-8-17(36)12-18(11-16)37-13-20-24(35-39-26(20)14-5-6-14)19-3-1-2-4-22(19)38-28(31,32)33/h1-4,9-10,14,16-18H,5-8,11-13H2.